The van der Waals surface area contributed by atoms with Crippen molar-refractivity contribution < 1.29 is 14.7 Å². The number of aliphatic hydroxyl groups is 1. The highest BCUT2D eigenvalue weighted by Gasteiger charge is 2.39. The van der Waals surface area contributed by atoms with Crippen LogP contribution in [0.5, 0.6) is 0 Å². The molecule has 0 bridgehead atoms. The van der Waals surface area contributed by atoms with E-state index in [1.54, 1.807) is 0 Å². The Morgan fingerprint density at radius 1 is 1.17 bits per heavy atom. The zero-order valence-electron chi connectivity index (χ0n) is 14.0. The van der Waals surface area contributed by atoms with Crippen LogP contribution in [0.1, 0.15) is 64.2 Å². The average Bonchev–Trinajstić information content (AvgIpc) is 3.34. The number of carbonyl (C=O) groups is 2. The standard InChI is InChI=1S/C18H30N2O3/c21-10-9-16(13-7-8-13)19-18(23)14-11-17(22)20(12-14)15-5-3-1-2-4-6-15/h13-16,21H,1-12H2,(H,19,23). The summed E-state index contributed by atoms with van der Waals surface area (Å²) in [5.41, 5.74) is 0. The number of hydrogen-bond acceptors (Lipinski definition) is 3. The number of aliphatic hydroxyl groups excluding tert-OH is 1. The van der Waals surface area contributed by atoms with E-state index in [1.807, 2.05) is 4.90 Å². The third kappa shape index (κ3) is 4.25. The molecule has 5 nitrogen and oxygen atoms in total. The molecule has 2 unspecified atom stereocenters. The van der Waals surface area contributed by atoms with E-state index in [0.29, 0.717) is 31.3 Å². The summed E-state index contributed by atoms with van der Waals surface area (Å²) in [5.74, 6) is 0.494. The van der Waals surface area contributed by atoms with Crippen LogP contribution >= 0.6 is 0 Å². The van der Waals surface area contributed by atoms with Crippen LogP contribution in [0, 0.1) is 11.8 Å². The van der Waals surface area contributed by atoms with Crippen LogP contribution in [0.4, 0.5) is 0 Å². The van der Waals surface area contributed by atoms with Gasteiger partial charge in [0.25, 0.3) is 0 Å². The van der Waals surface area contributed by atoms with Gasteiger partial charge in [-0.25, -0.2) is 0 Å². The lowest BCUT2D eigenvalue weighted by Crippen LogP contribution is -2.42. The van der Waals surface area contributed by atoms with Gasteiger partial charge in [0.05, 0.1) is 5.92 Å². The van der Waals surface area contributed by atoms with Crippen molar-refractivity contribution in [3.8, 4) is 0 Å². The number of nitrogens with one attached hydrogen (secondary N) is 1. The first-order chi connectivity index (χ1) is 11.2. The van der Waals surface area contributed by atoms with Gasteiger partial charge in [0, 0.05) is 31.7 Å². The molecule has 0 aromatic heterocycles. The van der Waals surface area contributed by atoms with Crippen LogP contribution in [0.3, 0.4) is 0 Å². The molecule has 2 aliphatic carbocycles. The Morgan fingerprint density at radius 3 is 2.48 bits per heavy atom. The van der Waals surface area contributed by atoms with Gasteiger partial charge < -0.3 is 15.3 Å². The highest BCUT2D eigenvalue weighted by molar-refractivity contribution is 5.89. The fourth-order valence-corrected chi connectivity index (χ4v) is 4.19. The zero-order chi connectivity index (χ0) is 16.2. The van der Waals surface area contributed by atoms with E-state index < -0.39 is 0 Å². The summed E-state index contributed by atoms with van der Waals surface area (Å²) in [6, 6.07) is 0.439. The molecule has 0 aromatic rings. The zero-order valence-corrected chi connectivity index (χ0v) is 14.0. The molecule has 2 atom stereocenters. The van der Waals surface area contributed by atoms with Crippen molar-refractivity contribution in [3.05, 3.63) is 0 Å². The molecular formula is C18H30N2O3. The summed E-state index contributed by atoms with van der Waals surface area (Å²) in [5, 5.41) is 12.3. The normalized spacial score (nSPS) is 27.8. The Kier molecular flexibility index (Phi) is 5.57. The van der Waals surface area contributed by atoms with Crippen LogP contribution in [-0.2, 0) is 9.59 Å². The van der Waals surface area contributed by atoms with Crippen molar-refractivity contribution in [2.45, 2.75) is 76.3 Å². The number of rotatable bonds is 6. The minimum atomic E-state index is -0.203. The van der Waals surface area contributed by atoms with Crippen molar-refractivity contribution in [2.24, 2.45) is 11.8 Å². The Balaban J connectivity index is 1.54. The second kappa shape index (κ2) is 7.65. The number of hydrogen-bond donors (Lipinski definition) is 2. The minimum Gasteiger partial charge on any atom is -0.396 e. The molecule has 2 saturated carbocycles. The van der Waals surface area contributed by atoms with E-state index >= 15 is 0 Å². The number of carbonyl (C=O) groups excluding carboxylic acids is 2. The maximum atomic E-state index is 12.5. The lowest BCUT2D eigenvalue weighted by molar-refractivity contribution is -0.130. The lowest BCUT2D eigenvalue weighted by atomic mass is 10.0. The van der Waals surface area contributed by atoms with Crippen molar-refractivity contribution in [2.75, 3.05) is 13.2 Å². The predicted molar refractivity (Wildman–Crippen MR) is 87.7 cm³/mol. The summed E-state index contributed by atoms with van der Waals surface area (Å²) in [6.07, 6.45) is 10.4. The van der Waals surface area contributed by atoms with E-state index in [-0.39, 0.29) is 30.4 Å². The second-order valence-electron chi connectivity index (χ2n) is 7.56. The SMILES string of the molecule is O=C(NC(CCO)C1CC1)C1CC(=O)N(C2CCCCCC2)C1. The van der Waals surface area contributed by atoms with Gasteiger partial charge in [-0.3, -0.25) is 9.59 Å². The third-order valence-electron chi connectivity index (χ3n) is 5.75. The van der Waals surface area contributed by atoms with Crippen LogP contribution in [0.25, 0.3) is 0 Å². The highest BCUT2D eigenvalue weighted by atomic mass is 16.3. The van der Waals surface area contributed by atoms with Crippen LogP contribution in [0.2, 0.25) is 0 Å². The molecule has 1 heterocycles. The molecule has 2 N–H and O–H groups in total. The first-order valence-corrected chi connectivity index (χ1v) is 9.39. The Morgan fingerprint density at radius 2 is 1.87 bits per heavy atom. The fraction of sp³-hybridized carbons (Fsp3) is 0.889. The second-order valence-corrected chi connectivity index (χ2v) is 7.56. The molecule has 1 saturated heterocycles. The highest BCUT2D eigenvalue weighted by Crippen LogP contribution is 2.34. The molecule has 130 valence electrons. The monoisotopic (exact) mass is 322 g/mol. The van der Waals surface area contributed by atoms with Gasteiger partial charge in [-0.05, 0) is 38.0 Å². The van der Waals surface area contributed by atoms with E-state index in [1.165, 1.54) is 25.7 Å². The van der Waals surface area contributed by atoms with Crippen LogP contribution in [0.15, 0.2) is 0 Å². The maximum absolute atomic E-state index is 12.5. The number of amides is 2. The Bertz CT molecular complexity index is 428. The fourth-order valence-electron chi connectivity index (χ4n) is 4.19. The molecule has 0 spiro atoms. The van der Waals surface area contributed by atoms with E-state index in [9.17, 15) is 9.59 Å². The molecule has 0 radical (unpaired) electrons. The molecule has 23 heavy (non-hydrogen) atoms. The average molecular weight is 322 g/mol. The summed E-state index contributed by atoms with van der Waals surface area (Å²) < 4.78 is 0. The molecule has 2 amide bonds. The molecule has 3 rings (SSSR count). The lowest BCUT2D eigenvalue weighted by Gasteiger charge is -2.27. The van der Waals surface area contributed by atoms with Gasteiger partial charge >= 0.3 is 0 Å². The molecule has 1 aliphatic heterocycles. The van der Waals surface area contributed by atoms with Gasteiger partial charge in [0.1, 0.15) is 0 Å². The van der Waals surface area contributed by atoms with Crippen molar-refractivity contribution in [1.82, 2.24) is 10.2 Å². The largest absolute Gasteiger partial charge is 0.396 e. The Labute approximate surface area is 138 Å². The topological polar surface area (TPSA) is 69.6 Å². The summed E-state index contributed by atoms with van der Waals surface area (Å²) in [7, 11) is 0. The minimum absolute atomic E-state index is 0.0137. The summed E-state index contributed by atoms with van der Waals surface area (Å²) in [6.45, 7) is 0.699. The summed E-state index contributed by atoms with van der Waals surface area (Å²) in [4.78, 5) is 26.9. The smallest absolute Gasteiger partial charge is 0.225 e. The van der Waals surface area contributed by atoms with Gasteiger partial charge in [-0.2, -0.15) is 0 Å². The van der Waals surface area contributed by atoms with Crippen molar-refractivity contribution in [3.63, 3.8) is 0 Å². The van der Waals surface area contributed by atoms with Gasteiger partial charge in [0.2, 0.25) is 11.8 Å². The first kappa shape index (κ1) is 16.7. The number of likely N-dealkylation sites (tertiary alicyclic amines) is 1. The van der Waals surface area contributed by atoms with Crippen molar-refractivity contribution in [1.29, 1.82) is 0 Å². The molecule has 5 heteroatoms. The third-order valence-corrected chi connectivity index (χ3v) is 5.75. The van der Waals surface area contributed by atoms with Gasteiger partial charge in [-0.1, -0.05) is 25.7 Å². The maximum Gasteiger partial charge on any atom is 0.225 e. The number of nitrogens with zero attached hydrogens (tertiary/aromatic N) is 1. The first-order valence-electron chi connectivity index (χ1n) is 9.39. The van der Waals surface area contributed by atoms with Crippen molar-refractivity contribution >= 4 is 11.8 Å². The van der Waals surface area contributed by atoms with Crippen LogP contribution < -0.4 is 5.32 Å². The molecule has 3 fully saturated rings. The van der Waals surface area contributed by atoms with E-state index in [4.69, 9.17) is 5.11 Å². The molecule has 3 aliphatic rings. The Hall–Kier alpha value is -1.10. The quantitative estimate of drug-likeness (QED) is 0.733. The van der Waals surface area contributed by atoms with E-state index in [0.717, 1.165) is 25.7 Å². The summed E-state index contributed by atoms with van der Waals surface area (Å²) >= 11 is 0. The van der Waals surface area contributed by atoms with Gasteiger partial charge in [-0.15, -0.1) is 0 Å². The molecular weight excluding hydrogens is 292 g/mol. The molecule has 0 aromatic carbocycles. The predicted octanol–water partition coefficient (Wildman–Crippen LogP) is 1.83. The van der Waals surface area contributed by atoms with Crippen LogP contribution in [-0.4, -0.2) is 47.1 Å². The van der Waals surface area contributed by atoms with Gasteiger partial charge in [0.15, 0.2) is 0 Å². The van der Waals surface area contributed by atoms with E-state index in [2.05, 4.69) is 5.32 Å².